The van der Waals surface area contributed by atoms with E-state index in [1.807, 2.05) is 0 Å². The Labute approximate surface area is 69.2 Å². The van der Waals surface area contributed by atoms with E-state index in [4.69, 9.17) is 28.3 Å². The third-order valence-electron chi connectivity index (χ3n) is 1.23. The molecule has 0 aliphatic rings. The fourth-order valence-corrected chi connectivity index (χ4v) is 1.03. The summed E-state index contributed by atoms with van der Waals surface area (Å²) in [6.07, 6.45) is 0. The van der Waals surface area contributed by atoms with Gasteiger partial charge in [-0.3, -0.25) is 0 Å². The highest BCUT2D eigenvalue weighted by Gasteiger charge is 2.01. The maximum atomic E-state index is 9.03. The summed E-state index contributed by atoms with van der Waals surface area (Å²) >= 11 is 11.2. The van der Waals surface area contributed by atoms with E-state index in [-0.39, 0.29) is 10.8 Å². The van der Waals surface area contributed by atoms with Crippen LogP contribution in [0.5, 0.6) is 5.75 Å². The van der Waals surface area contributed by atoms with E-state index in [1.54, 1.807) is 6.92 Å². The predicted molar refractivity (Wildman–Crippen MR) is 42.9 cm³/mol. The summed E-state index contributed by atoms with van der Waals surface area (Å²) in [5.41, 5.74) is 0.823. The van der Waals surface area contributed by atoms with Gasteiger partial charge in [0.25, 0.3) is 0 Å². The zero-order valence-corrected chi connectivity index (χ0v) is 6.87. The maximum absolute atomic E-state index is 9.03. The van der Waals surface area contributed by atoms with Gasteiger partial charge in [0.15, 0.2) is 0 Å². The predicted octanol–water partition coefficient (Wildman–Crippen LogP) is 3.01. The number of phenols is 1. The van der Waals surface area contributed by atoms with Crippen molar-refractivity contribution in [3.8, 4) is 5.75 Å². The average molecular weight is 177 g/mol. The molecule has 0 radical (unpaired) electrons. The van der Waals surface area contributed by atoms with Gasteiger partial charge >= 0.3 is 0 Å². The van der Waals surface area contributed by atoms with E-state index in [2.05, 4.69) is 0 Å². The van der Waals surface area contributed by atoms with Gasteiger partial charge in [-0.2, -0.15) is 0 Å². The first-order chi connectivity index (χ1) is 4.61. The molecule has 0 heterocycles. The van der Waals surface area contributed by atoms with Crippen molar-refractivity contribution in [3.05, 3.63) is 27.7 Å². The van der Waals surface area contributed by atoms with Crippen molar-refractivity contribution in [2.75, 3.05) is 0 Å². The molecule has 0 aromatic heterocycles. The first-order valence-corrected chi connectivity index (χ1v) is 3.51. The second-order valence-electron chi connectivity index (χ2n) is 2.05. The molecule has 3 heteroatoms. The molecular formula is C7H6Cl2O. The number of phenolic OH excluding ortho intramolecular Hbond substituents is 1. The Kier molecular flexibility index (Phi) is 2.07. The fraction of sp³-hybridized carbons (Fsp3) is 0.143. The van der Waals surface area contributed by atoms with E-state index in [0.29, 0.717) is 5.02 Å². The molecular weight excluding hydrogens is 171 g/mol. The van der Waals surface area contributed by atoms with Gasteiger partial charge in [0.2, 0.25) is 0 Å². The Morgan fingerprint density at radius 1 is 1.20 bits per heavy atom. The molecule has 54 valence electrons. The molecule has 0 aliphatic heterocycles. The Morgan fingerprint density at radius 3 is 2.30 bits per heavy atom. The van der Waals surface area contributed by atoms with E-state index in [1.165, 1.54) is 12.1 Å². The summed E-state index contributed by atoms with van der Waals surface area (Å²) in [7, 11) is 0. The minimum absolute atomic E-state index is 0.0727. The van der Waals surface area contributed by atoms with Gasteiger partial charge < -0.3 is 5.11 Å². The fourth-order valence-electron chi connectivity index (χ4n) is 0.642. The molecule has 0 saturated heterocycles. The number of aromatic hydroxyl groups is 1. The SMILES string of the molecule is Cc1cc(O)c(Cl)cc1Cl. The van der Waals surface area contributed by atoms with Gasteiger partial charge in [-0.25, -0.2) is 0 Å². The van der Waals surface area contributed by atoms with Crippen molar-refractivity contribution in [2.45, 2.75) is 6.92 Å². The third-order valence-corrected chi connectivity index (χ3v) is 1.94. The van der Waals surface area contributed by atoms with Gasteiger partial charge in [-0.1, -0.05) is 23.2 Å². The van der Waals surface area contributed by atoms with Gasteiger partial charge in [0.05, 0.1) is 5.02 Å². The number of hydrogen-bond acceptors (Lipinski definition) is 1. The Morgan fingerprint density at radius 2 is 1.80 bits per heavy atom. The Bertz CT molecular complexity index is 208. The Balaban J connectivity index is 3.28. The zero-order chi connectivity index (χ0) is 7.72. The zero-order valence-electron chi connectivity index (χ0n) is 5.36. The van der Waals surface area contributed by atoms with Crippen molar-refractivity contribution in [1.82, 2.24) is 0 Å². The summed E-state index contributed by atoms with van der Waals surface area (Å²) in [5, 5.41) is 9.89. The van der Waals surface area contributed by atoms with Crippen molar-refractivity contribution < 1.29 is 5.11 Å². The molecule has 0 unspecified atom stereocenters. The van der Waals surface area contributed by atoms with Crippen LogP contribution in [0, 0.1) is 6.92 Å². The molecule has 0 fully saturated rings. The van der Waals surface area contributed by atoms with E-state index < -0.39 is 0 Å². The van der Waals surface area contributed by atoms with Gasteiger partial charge in [-0.15, -0.1) is 0 Å². The monoisotopic (exact) mass is 176 g/mol. The lowest BCUT2D eigenvalue weighted by Gasteiger charge is -1.99. The highest BCUT2D eigenvalue weighted by molar-refractivity contribution is 6.35. The quantitative estimate of drug-likeness (QED) is 0.645. The van der Waals surface area contributed by atoms with Crippen LogP contribution in [0.1, 0.15) is 5.56 Å². The molecule has 1 nitrogen and oxygen atoms in total. The molecule has 0 bridgehead atoms. The van der Waals surface area contributed by atoms with Crippen LogP contribution in [0.4, 0.5) is 0 Å². The smallest absolute Gasteiger partial charge is 0.134 e. The van der Waals surface area contributed by atoms with Crippen molar-refractivity contribution in [1.29, 1.82) is 0 Å². The summed E-state index contributed by atoms with van der Waals surface area (Å²) in [6.45, 7) is 1.80. The van der Waals surface area contributed by atoms with Crippen LogP contribution >= 0.6 is 23.2 Å². The van der Waals surface area contributed by atoms with Crippen LogP contribution in [0.25, 0.3) is 0 Å². The second kappa shape index (κ2) is 2.69. The molecule has 0 spiro atoms. The molecule has 0 atom stereocenters. The molecule has 1 aromatic carbocycles. The molecule has 10 heavy (non-hydrogen) atoms. The van der Waals surface area contributed by atoms with Crippen LogP contribution in [-0.4, -0.2) is 5.11 Å². The highest BCUT2D eigenvalue weighted by Crippen LogP contribution is 2.28. The lowest BCUT2D eigenvalue weighted by atomic mass is 10.2. The third kappa shape index (κ3) is 1.36. The number of hydrogen-bond donors (Lipinski definition) is 1. The molecule has 1 N–H and O–H groups in total. The molecule has 1 rings (SSSR count). The van der Waals surface area contributed by atoms with Crippen molar-refractivity contribution >= 4 is 23.2 Å². The van der Waals surface area contributed by atoms with E-state index in [0.717, 1.165) is 5.56 Å². The van der Waals surface area contributed by atoms with Gasteiger partial charge in [-0.05, 0) is 24.6 Å². The molecule has 0 saturated carbocycles. The van der Waals surface area contributed by atoms with Crippen LogP contribution in [0.3, 0.4) is 0 Å². The summed E-state index contributed by atoms with van der Waals surface area (Å²) in [6, 6.07) is 3.05. The lowest BCUT2D eigenvalue weighted by molar-refractivity contribution is 0.475. The number of halogens is 2. The van der Waals surface area contributed by atoms with Gasteiger partial charge in [0, 0.05) is 5.02 Å². The number of rotatable bonds is 0. The normalized spacial score (nSPS) is 9.90. The topological polar surface area (TPSA) is 20.2 Å². The second-order valence-corrected chi connectivity index (χ2v) is 2.87. The van der Waals surface area contributed by atoms with Crippen LogP contribution in [0.15, 0.2) is 12.1 Å². The van der Waals surface area contributed by atoms with Crippen LogP contribution in [0.2, 0.25) is 10.0 Å². The molecule has 1 aromatic rings. The average Bonchev–Trinajstić information content (AvgIpc) is 1.84. The minimum atomic E-state index is 0.0727. The number of benzene rings is 1. The molecule has 0 amide bonds. The first-order valence-electron chi connectivity index (χ1n) is 2.76. The number of aryl methyl sites for hydroxylation is 1. The first kappa shape index (κ1) is 7.70. The van der Waals surface area contributed by atoms with Crippen LogP contribution in [-0.2, 0) is 0 Å². The summed E-state index contributed by atoms with van der Waals surface area (Å²) < 4.78 is 0. The van der Waals surface area contributed by atoms with E-state index >= 15 is 0 Å². The van der Waals surface area contributed by atoms with Crippen LogP contribution < -0.4 is 0 Å². The van der Waals surface area contributed by atoms with Crippen molar-refractivity contribution in [3.63, 3.8) is 0 Å². The highest BCUT2D eigenvalue weighted by atomic mass is 35.5. The van der Waals surface area contributed by atoms with Gasteiger partial charge in [0.1, 0.15) is 5.75 Å². The largest absolute Gasteiger partial charge is 0.506 e. The summed E-state index contributed by atoms with van der Waals surface area (Å²) in [4.78, 5) is 0. The standard InChI is InChI=1S/C7H6Cl2O/c1-4-2-7(10)6(9)3-5(4)8/h2-3,10H,1H3. The maximum Gasteiger partial charge on any atom is 0.134 e. The van der Waals surface area contributed by atoms with E-state index in [9.17, 15) is 0 Å². The Hall–Kier alpha value is -0.400. The lowest BCUT2D eigenvalue weighted by Crippen LogP contribution is -1.75. The minimum Gasteiger partial charge on any atom is -0.506 e. The summed E-state index contributed by atoms with van der Waals surface area (Å²) in [5.74, 6) is 0.0727. The van der Waals surface area contributed by atoms with Crippen molar-refractivity contribution in [2.24, 2.45) is 0 Å². The molecule has 0 aliphatic carbocycles.